The maximum Gasteiger partial charge on any atom is 0.229 e. The van der Waals surface area contributed by atoms with Crippen LogP contribution < -0.4 is 10.2 Å². The number of aryl methyl sites for hydroxylation is 1. The molecule has 0 saturated carbocycles. The molecule has 1 saturated heterocycles. The Labute approximate surface area is 151 Å². The Kier molecular flexibility index (Phi) is 3.82. The highest BCUT2D eigenvalue weighted by molar-refractivity contribution is 5.86. The van der Waals surface area contributed by atoms with E-state index in [9.17, 15) is 4.39 Å². The van der Waals surface area contributed by atoms with Crippen LogP contribution in [0.25, 0.3) is 11.2 Å². The van der Waals surface area contributed by atoms with Gasteiger partial charge < -0.3 is 14.8 Å². The van der Waals surface area contributed by atoms with Crippen LogP contribution in [0.2, 0.25) is 0 Å². The summed E-state index contributed by atoms with van der Waals surface area (Å²) >= 11 is 0. The number of fused-ring (bicyclic) bond motifs is 1. The number of alkyl halides is 1. The van der Waals surface area contributed by atoms with E-state index in [0.29, 0.717) is 36.8 Å². The lowest BCUT2D eigenvalue weighted by Crippen LogP contribution is -2.24. The molecule has 138 valence electrons. The van der Waals surface area contributed by atoms with Gasteiger partial charge >= 0.3 is 0 Å². The Balaban J connectivity index is 1.84. The van der Waals surface area contributed by atoms with Gasteiger partial charge in [0.15, 0.2) is 17.0 Å². The van der Waals surface area contributed by atoms with Gasteiger partial charge in [0.2, 0.25) is 5.95 Å². The first-order valence-electron chi connectivity index (χ1n) is 8.71. The molecule has 0 bridgehead atoms. The monoisotopic (exact) mass is 358 g/mol. The van der Waals surface area contributed by atoms with Crippen LogP contribution in [0.4, 0.5) is 21.8 Å². The Morgan fingerprint density at radius 1 is 1.27 bits per heavy atom. The smallest absolute Gasteiger partial charge is 0.229 e. The minimum absolute atomic E-state index is 0.181. The van der Waals surface area contributed by atoms with Crippen molar-refractivity contribution < 1.29 is 4.39 Å². The van der Waals surface area contributed by atoms with Gasteiger partial charge in [0.25, 0.3) is 0 Å². The van der Waals surface area contributed by atoms with Crippen molar-refractivity contribution in [3.63, 3.8) is 0 Å². The lowest BCUT2D eigenvalue weighted by Gasteiger charge is -2.22. The quantitative estimate of drug-likeness (QED) is 0.776. The molecule has 1 fully saturated rings. The molecule has 0 amide bonds. The molecule has 1 unspecified atom stereocenters. The maximum absolute atomic E-state index is 13.7. The largest absolute Gasteiger partial charge is 0.338 e. The van der Waals surface area contributed by atoms with Crippen LogP contribution in [0.5, 0.6) is 0 Å². The molecule has 8 nitrogen and oxygen atoms in total. The minimum atomic E-state index is -0.837. The second-order valence-corrected chi connectivity index (χ2v) is 7.69. The molecule has 1 aliphatic heterocycles. The van der Waals surface area contributed by atoms with E-state index in [0.717, 1.165) is 11.3 Å². The normalized spacial score (nSPS) is 18.0. The van der Waals surface area contributed by atoms with E-state index >= 15 is 0 Å². The predicted molar refractivity (Wildman–Crippen MR) is 98.5 cm³/mol. The molecular weight excluding hydrogens is 335 g/mol. The van der Waals surface area contributed by atoms with Crippen molar-refractivity contribution in [3.8, 4) is 0 Å². The van der Waals surface area contributed by atoms with E-state index in [2.05, 4.69) is 41.2 Å². The summed E-state index contributed by atoms with van der Waals surface area (Å²) in [5, 5.41) is 7.45. The zero-order chi connectivity index (χ0) is 18.5. The molecule has 0 spiro atoms. The van der Waals surface area contributed by atoms with E-state index in [1.54, 1.807) is 17.2 Å². The Bertz CT molecular complexity index is 938. The highest BCUT2D eigenvalue weighted by Crippen LogP contribution is 2.29. The van der Waals surface area contributed by atoms with Crippen molar-refractivity contribution in [1.29, 1.82) is 0 Å². The Hall–Kier alpha value is -2.71. The van der Waals surface area contributed by atoms with Gasteiger partial charge in [0, 0.05) is 25.3 Å². The molecule has 0 radical (unpaired) electrons. The molecule has 1 aliphatic rings. The van der Waals surface area contributed by atoms with Crippen LogP contribution in [0, 0.1) is 0 Å². The van der Waals surface area contributed by atoms with Crippen LogP contribution in [0.3, 0.4) is 0 Å². The third-order valence-corrected chi connectivity index (χ3v) is 4.49. The first kappa shape index (κ1) is 16.7. The van der Waals surface area contributed by atoms with E-state index in [1.165, 1.54) is 0 Å². The summed E-state index contributed by atoms with van der Waals surface area (Å²) in [6.07, 6.45) is 5.03. The van der Waals surface area contributed by atoms with Crippen molar-refractivity contribution in [2.45, 2.75) is 38.9 Å². The number of hydrogen-bond acceptors (Lipinski definition) is 6. The number of nitrogens with zero attached hydrogens (tertiary/aromatic N) is 7. The molecule has 0 aliphatic carbocycles. The summed E-state index contributed by atoms with van der Waals surface area (Å²) in [7, 11) is 1.85. The van der Waals surface area contributed by atoms with Crippen molar-refractivity contribution in [1.82, 2.24) is 29.3 Å². The zero-order valence-corrected chi connectivity index (χ0v) is 15.4. The van der Waals surface area contributed by atoms with Gasteiger partial charge in [0.05, 0.1) is 24.8 Å². The zero-order valence-electron chi connectivity index (χ0n) is 15.4. The van der Waals surface area contributed by atoms with Gasteiger partial charge in [0.1, 0.15) is 6.17 Å². The van der Waals surface area contributed by atoms with E-state index < -0.39 is 6.17 Å². The number of hydrogen-bond donors (Lipinski definition) is 1. The van der Waals surface area contributed by atoms with E-state index in [-0.39, 0.29) is 5.54 Å². The maximum atomic E-state index is 13.7. The molecule has 26 heavy (non-hydrogen) atoms. The number of nitrogens with one attached hydrogen (secondary N) is 1. The van der Waals surface area contributed by atoms with Gasteiger partial charge in [-0.15, -0.1) is 0 Å². The Morgan fingerprint density at radius 3 is 2.69 bits per heavy atom. The van der Waals surface area contributed by atoms with Gasteiger partial charge in [-0.25, -0.2) is 9.37 Å². The highest BCUT2D eigenvalue weighted by atomic mass is 19.1. The summed E-state index contributed by atoms with van der Waals surface area (Å²) in [6, 6.07) is 0. The third-order valence-electron chi connectivity index (χ3n) is 4.49. The van der Waals surface area contributed by atoms with Crippen LogP contribution in [0.1, 0.15) is 27.2 Å². The molecule has 4 rings (SSSR count). The molecule has 9 heteroatoms. The van der Waals surface area contributed by atoms with Crippen LogP contribution in [0.15, 0.2) is 18.7 Å². The Morgan fingerprint density at radius 2 is 2.08 bits per heavy atom. The summed E-state index contributed by atoms with van der Waals surface area (Å²) in [5.41, 5.74) is 2.05. The van der Waals surface area contributed by atoms with Crippen molar-refractivity contribution >= 4 is 28.6 Å². The summed E-state index contributed by atoms with van der Waals surface area (Å²) in [5.74, 6) is 1.12. The van der Waals surface area contributed by atoms with Crippen molar-refractivity contribution in [2.75, 3.05) is 23.3 Å². The second-order valence-electron chi connectivity index (χ2n) is 7.69. The fraction of sp³-hybridized carbons (Fsp3) is 0.529. The fourth-order valence-corrected chi connectivity index (χ4v) is 3.13. The van der Waals surface area contributed by atoms with Crippen LogP contribution in [-0.2, 0) is 12.6 Å². The SMILES string of the molecule is Cn1cc(Nc2nc(N3CCC(F)C3)nc3c2ncn3C(C)(C)C)cn1. The lowest BCUT2D eigenvalue weighted by atomic mass is 10.1. The molecule has 1 N–H and O–H groups in total. The summed E-state index contributed by atoms with van der Waals surface area (Å²) < 4.78 is 17.4. The first-order chi connectivity index (χ1) is 12.3. The highest BCUT2D eigenvalue weighted by Gasteiger charge is 2.27. The van der Waals surface area contributed by atoms with E-state index in [1.807, 2.05) is 22.7 Å². The van der Waals surface area contributed by atoms with Gasteiger partial charge in [-0.05, 0) is 27.2 Å². The molecular formula is C17H23FN8. The van der Waals surface area contributed by atoms with E-state index in [4.69, 9.17) is 4.98 Å². The standard InChI is InChI=1S/C17H23FN8/c1-17(2,3)26-10-19-13-14(21-12-7-20-24(4)9-12)22-16(23-15(13)26)25-6-5-11(18)8-25/h7,9-11H,5-6,8H2,1-4H3,(H,21,22,23). The van der Waals surface area contributed by atoms with Crippen LogP contribution in [-0.4, -0.2) is 48.6 Å². The molecule has 3 aromatic rings. The second kappa shape index (κ2) is 5.93. The summed E-state index contributed by atoms with van der Waals surface area (Å²) in [6.45, 7) is 7.22. The average Bonchev–Trinajstić information content (AvgIpc) is 3.26. The topological polar surface area (TPSA) is 76.7 Å². The van der Waals surface area contributed by atoms with Gasteiger partial charge in [-0.1, -0.05) is 0 Å². The average molecular weight is 358 g/mol. The number of aromatic nitrogens is 6. The van der Waals surface area contributed by atoms with Gasteiger partial charge in [-0.2, -0.15) is 15.1 Å². The molecule has 1 atom stereocenters. The number of anilines is 3. The summed E-state index contributed by atoms with van der Waals surface area (Å²) in [4.78, 5) is 15.8. The van der Waals surface area contributed by atoms with Crippen LogP contribution >= 0.6 is 0 Å². The van der Waals surface area contributed by atoms with Crippen molar-refractivity contribution in [2.24, 2.45) is 7.05 Å². The molecule has 4 heterocycles. The first-order valence-corrected chi connectivity index (χ1v) is 8.71. The molecule has 3 aromatic heterocycles. The third kappa shape index (κ3) is 2.97. The number of imidazole rings is 1. The predicted octanol–water partition coefficient (Wildman–Crippen LogP) is 2.61. The van der Waals surface area contributed by atoms with Crippen molar-refractivity contribution in [3.05, 3.63) is 18.7 Å². The molecule has 0 aromatic carbocycles. The van der Waals surface area contributed by atoms with Gasteiger partial charge in [-0.3, -0.25) is 4.68 Å². The minimum Gasteiger partial charge on any atom is -0.338 e. The number of rotatable bonds is 3. The fourth-order valence-electron chi connectivity index (χ4n) is 3.13. The lowest BCUT2D eigenvalue weighted by molar-refractivity contribution is 0.364. The number of halogens is 1.